The van der Waals surface area contributed by atoms with E-state index in [2.05, 4.69) is 20.9 Å². The van der Waals surface area contributed by atoms with Gasteiger partial charge in [0, 0.05) is 18.3 Å². The summed E-state index contributed by atoms with van der Waals surface area (Å²) in [6, 6.07) is 8.35. The molecule has 1 aromatic heterocycles. The summed E-state index contributed by atoms with van der Waals surface area (Å²) in [7, 11) is 0. The van der Waals surface area contributed by atoms with Crippen molar-refractivity contribution >= 4 is 15.9 Å². The van der Waals surface area contributed by atoms with Crippen molar-refractivity contribution in [2.24, 2.45) is 0 Å². The Labute approximate surface area is 114 Å². The number of aliphatic hydroxyl groups excluding tert-OH is 1. The minimum absolute atomic E-state index is 0.334. The third-order valence-corrected chi connectivity index (χ3v) is 3.31. The van der Waals surface area contributed by atoms with Crippen LogP contribution >= 0.6 is 15.9 Å². The molecular weight excluding hydrogens is 297 g/mol. The van der Waals surface area contributed by atoms with Crippen LogP contribution in [-0.4, -0.2) is 10.1 Å². The molecule has 0 radical (unpaired) electrons. The molecule has 0 saturated heterocycles. The first-order chi connectivity index (χ1) is 8.56. The molecule has 1 heterocycles. The zero-order valence-corrected chi connectivity index (χ0v) is 11.5. The number of benzene rings is 1. The molecule has 2 nitrogen and oxygen atoms in total. The summed E-state index contributed by atoms with van der Waals surface area (Å²) in [6.45, 7) is 1.96. The fraction of sp³-hybridized carbons (Fsp3) is 0.214. The molecule has 2 rings (SSSR count). The molecule has 0 spiro atoms. The second kappa shape index (κ2) is 5.59. The second-order valence-corrected chi connectivity index (χ2v) is 5.07. The highest BCUT2D eigenvalue weighted by Crippen LogP contribution is 2.23. The predicted octanol–water partition coefficient (Wildman–Crippen LogP) is 3.57. The van der Waals surface area contributed by atoms with E-state index in [0.717, 1.165) is 11.3 Å². The van der Waals surface area contributed by atoms with Gasteiger partial charge in [-0.1, -0.05) is 12.1 Å². The van der Waals surface area contributed by atoms with Gasteiger partial charge in [-0.05, 0) is 52.2 Å². The maximum absolute atomic E-state index is 13.1. The average molecular weight is 310 g/mol. The number of aliphatic hydroxyl groups is 1. The Morgan fingerprint density at radius 2 is 2.11 bits per heavy atom. The number of pyridine rings is 1. The number of hydrogen-bond donors (Lipinski definition) is 1. The third kappa shape index (κ3) is 3.15. The normalized spacial score (nSPS) is 12.4. The SMILES string of the molecule is Cc1ccc(CC(O)c2ccc(F)c(Br)c2)nc1. The molecule has 0 amide bonds. The van der Waals surface area contributed by atoms with Crippen LogP contribution in [0.4, 0.5) is 4.39 Å². The fourth-order valence-electron chi connectivity index (χ4n) is 1.65. The Balaban J connectivity index is 2.13. The Morgan fingerprint density at radius 3 is 2.72 bits per heavy atom. The molecule has 94 valence electrons. The first-order valence-corrected chi connectivity index (χ1v) is 6.40. The average Bonchev–Trinajstić information content (AvgIpc) is 2.35. The predicted molar refractivity (Wildman–Crippen MR) is 71.7 cm³/mol. The number of hydrogen-bond acceptors (Lipinski definition) is 2. The van der Waals surface area contributed by atoms with Gasteiger partial charge in [0.2, 0.25) is 0 Å². The molecule has 1 unspecified atom stereocenters. The van der Waals surface area contributed by atoms with Crippen LogP contribution in [0.15, 0.2) is 41.0 Å². The van der Waals surface area contributed by atoms with E-state index in [1.165, 1.54) is 6.07 Å². The van der Waals surface area contributed by atoms with Gasteiger partial charge in [-0.3, -0.25) is 4.98 Å². The first-order valence-electron chi connectivity index (χ1n) is 5.61. The Bertz CT molecular complexity index is 542. The zero-order valence-electron chi connectivity index (χ0n) is 9.90. The minimum Gasteiger partial charge on any atom is -0.388 e. The van der Waals surface area contributed by atoms with Crippen LogP contribution < -0.4 is 0 Å². The molecule has 0 bridgehead atoms. The number of aryl methyl sites for hydroxylation is 1. The smallest absolute Gasteiger partial charge is 0.137 e. The Morgan fingerprint density at radius 1 is 1.33 bits per heavy atom. The summed E-state index contributed by atoms with van der Waals surface area (Å²) in [5.41, 5.74) is 2.57. The van der Waals surface area contributed by atoms with E-state index in [1.54, 1.807) is 18.3 Å². The molecule has 1 N–H and O–H groups in total. The monoisotopic (exact) mass is 309 g/mol. The van der Waals surface area contributed by atoms with Crippen LogP contribution in [0.1, 0.15) is 22.9 Å². The number of aromatic nitrogens is 1. The van der Waals surface area contributed by atoms with E-state index in [-0.39, 0.29) is 5.82 Å². The molecule has 0 aliphatic carbocycles. The third-order valence-electron chi connectivity index (χ3n) is 2.70. The van der Waals surface area contributed by atoms with Gasteiger partial charge in [0.05, 0.1) is 10.6 Å². The molecule has 0 aliphatic rings. The van der Waals surface area contributed by atoms with Crippen molar-refractivity contribution in [2.45, 2.75) is 19.4 Å². The van der Waals surface area contributed by atoms with E-state index < -0.39 is 6.10 Å². The molecule has 4 heteroatoms. The van der Waals surface area contributed by atoms with E-state index in [4.69, 9.17) is 0 Å². The molecule has 0 saturated carbocycles. The standard InChI is InChI=1S/C14H13BrFNO/c1-9-2-4-11(17-8-9)7-14(18)10-3-5-13(16)12(15)6-10/h2-6,8,14,18H,7H2,1H3. The highest BCUT2D eigenvalue weighted by molar-refractivity contribution is 9.10. The lowest BCUT2D eigenvalue weighted by molar-refractivity contribution is 0.177. The van der Waals surface area contributed by atoms with Crippen LogP contribution in [0.2, 0.25) is 0 Å². The Kier molecular flexibility index (Phi) is 4.09. The number of nitrogens with zero attached hydrogens (tertiary/aromatic N) is 1. The highest BCUT2D eigenvalue weighted by atomic mass is 79.9. The zero-order chi connectivity index (χ0) is 13.1. The van der Waals surface area contributed by atoms with Gasteiger partial charge >= 0.3 is 0 Å². The second-order valence-electron chi connectivity index (χ2n) is 4.22. The van der Waals surface area contributed by atoms with Crippen molar-refractivity contribution in [3.63, 3.8) is 0 Å². The van der Waals surface area contributed by atoms with Crippen LogP contribution in [0.25, 0.3) is 0 Å². The number of halogens is 2. The van der Waals surface area contributed by atoms with Crippen molar-refractivity contribution in [1.82, 2.24) is 4.98 Å². The van der Waals surface area contributed by atoms with E-state index in [1.807, 2.05) is 19.1 Å². The molecule has 0 aliphatic heterocycles. The largest absolute Gasteiger partial charge is 0.388 e. The summed E-state index contributed by atoms with van der Waals surface area (Å²) in [4.78, 5) is 4.24. The summed E-state index contributed by atoms with van der Waals surface area (Å²) < 4.78 is 13.4. The van der Waals surface area contributed by atoms with Gasteiger partial charge in [-0.15, -0.1) is 0 Å². The number of rotatable bonds is 3. The Hall–Kier alpha value is -1.26. The van der Waals surface area contributed by atoms with Gasteiger partial charge < -0.3 is 5.11 Å². The van der Waals surface area contributed by atoms with Crippen LogP contribution in [0, 0.1) is 12.7 Å². The summed E-state index contributed by atoms with van der Waals surface area (Å²) in [5.74, 6) is -0.334. The van der Waals surface area contributed by atoms with Crippen LogP contribution in [0.3, 0.4) is 0 Å². The van der Waals surface area contributed by atoms with Gasteiger partial charge in [-0.25, -0.2) is 4.39 Å². The van der Waals surface area contributed by atoms with Crippen molar-refractivity contribution in [2.75, 3.05) is 0 Å². The summed E-state index contributed by atoms with van der Waals surface area (Å²) >= 11 is 3.11. The van der Waals surface area contributed by atoms with E-state index in [0.29, 0.717) is 16.5 Å². The molecule has 18 heavy (non-hydrogen) atoms. The summed E-state index contributed by atoms with van der Waals surface area (Å²) in [5, 5.41) is 10.1. The molecule has 0 fully saturated rings. The molecule has 1 atom stereocenters. The molecular formula is C14H13BrFNO. The van der Waals surface area contributed by atoms with Gasteiger partial charge in [0.1, 0.15) is 5.82 Å². The van der Waals surface area contributed by atoms with E-state index >= 15 is 0 Å². The minimum atomic E-state index is -0.683. The first kappa shape index (κ1) is 13.2. The van der Waals surface area contributed by atoms with Gasteiger partial charge in [0.25, 0.3) is 0 Å². The van der Waals surface area contributed by atoms with Crippen molar-refractivity contribution < 1.29 is 9.50 Å². The van der Waals surface area contributed by atoms with Crippen molar-refractivity contribution in [1.29, 1.82) is 0 Å². The fourth-order valence-corrected chi connectivity index (χ4v) is 2.05. The van der Waals surface area contributed by atoms with Gasteiger partial charge in [-0.2, -0.15) is 0 Å². The van der Waals surface area contributed by atoms with Gasteiger partial charge in [0.15, 0.2) is 0 Å². The lowest BCUT2D eigenvalue weighted by Gasteiger charge is -2.11. The molecule has 2 aromatic rings. The maximum atomic E-state index is 13.1. The topological polar surface area (TPSA) is 33.1 Å². The van der Waals surface area contributed by atoms with E-state index in [9.17, 15) is 9.50 Å². The summed E-state index contributed by atoms with van der Waals surface area (Å²) in [6.07, 6.45) is 1.50. The lowest BCUT2D eigenvalue weighted by atomic mass is 10.0. The van der Waals surface area contributed by atoms with Crippen molar-refractivity contribution in [3.8, 4) is 0 Å². The molecule has 1 aromatic carbocycles. The van der Waals surface area contributed by atoms with Crippen LogP contribution in [0.5, 0.6) is 0 Å². The van der Waals surface area contributed by atoms with Crippen molar-refractivity contribution in [3.05, 3.63) is 63.6 Å². The highest BCUT2D eigenvalue weighted by Gasteiger charge is 2.11. The quantitative estimate of drug-likeness (QED) is 0.940. The maximum Gasteiger partial charge on any atom is 0.137 e. The van der Waals surface area contributed by atoms with Crippen LogP contribution in [-0.2, 0) is 6.42 Å². The lowest BCUT2D eigenvalue weighted by Crippen LogP contribution is -2.03.